The van der Waals surface area contributed by atoms with Gasteiger partial charge in [-0.1, -0.05) is 36.4 Å². The lowest BCUT2D eigenvalue weighted by Crippen LogP contribution is -2.35. The van der Waals surface area contributed by atoms with Crippen molar-refractivity contribution < 1.29 is 0 Å². The van der Waals surface area contributed by atoms with Crippen molar-refractivity contribution in [2.24, 2.45) is 0 Å². The summed E-state index contributed by atoms with van der Waals surface area (Å²) in [5.74, 6) is 1.51. The van der Waals surface area contributed by atoms with Crippen LogP contribution in [0.5, 0.6) is 0 Å². The van der Waals surface area contributed by atoms with Crippen LogP contribution in [-0.4, -0.2) is 33.2 Å². The van der Waals surface area contributed by atoms with Gasteiger partial charge in [-0.3, -0.25) is 10.9 Å². The molecule has 1 aliphatic rings. The van der Waals surface area contributed by atoms with Crippen LogP contribution in [0.1, 0.15) is 19.3 Å². The standard InChI is InChI=1S/C21H24N8S/c30-21(23-17-12-6-2-7-13-17)28-27-19-24-18(22-16-10-4-1-5-11-16)25-20(26-19)29-14-8-3-9-15-29/h1-2,4-7,10-13H,3,8-9,14-15H2,(H2,23,28,30)(H2,22,24,25,26,27). The Balaban J connectivity index is 1.48. The van der Waals surface area contributed by atoms with E-state index in [4.69, 9.17) is 12.2 Å². The second-order valence-electron chi connectivity index (χ2n) is 6.89. The van der Waals surface area contributed by atoms with E-state index in [2.05, 4.69) is 41.3 Å². The Morgan fingerprint density at radius 2 is 1.40 bits per heavy atom. The highest BCUT2D eigenvalue weighted by Gasteiger charge is 2.16. The minimum Gasteiger partial charge on any atom is -0.341 e. The van der Waals surface area contributed by atoms with E-state index in [1.807, 2.05) is 60.7 Å². The number of nitrogens with one attached hydrogen (secondary N) is 4. The molecule has 4 N–H and O–H groups in total. The molecule has 0 bridgehead atoms. The van der Waals surface area contributed by atoms with Crippen LogP contribution in [0.3, 0.4) is 0 Å². The van der Waals surface area contributed by atoms with E-state index in [9.17, 15) is 0 Å². The molecule has 0 atom stereocenters. The second kappa shape index (κ2) is 9.84. The normalized spacial score (nSPS) is 13.4. The van der Waals surface area contributed by atoms with Crippen molar-refractivity contribution in [1.29, 1.82) is 0 Å². The van der Waals surface area contributed by atoms with Gasteiger partial charge < -0.3 is 15.5 Å². The van der Waals surface area contributed by atoms with Crippen molar-refractivity contribution in [3.05, 3.63) is 60.7 Å². The average Bonchev–Trinajstić information content (AvgIpc) is 2.79. The molecule has 4 rings (SSSR count). The summed E-state index contributed by atoms with van der Waals surface area (Å²) in [6, 6.07) is 19.5. The number of hydrazine groups is 1. The maximum Gasteiger partial charge on any atom is 0.248 e. The Hall–Kier alpha value is -3.46. The maximum atomic E-state index is 5.35. The number of hydrogen-bond donors (Lipinski definition) is 4. The van der Waals surface area contributed by atoms with Crippen molar-refractivity contribution in [2.45, 2.75) is 19.3 Å². The molecule has 9 heteroatoms. The molecule has 154 valence electrons. The van der Waals surface area contributed by atoms with Crippen molar-refractivity contribution in [2.75, 3.05) is 34.0 Å². The first-order valence-electron chi connectivity index (χ1n) is 9.97. The molecule has 1 fully saturated rings. The van der Waals surface area contributed by atoms with Gasteiger partial charge in [0.15, 0.2) is 5.11 Å². The number of piperidine rings is 1. The van der Waals surface area contributed by atoms with Crippen LogP contribution < -0.4 is 26.4 Å². The molecule has 0 unspecified atom stereocenters. The molecule has 3 aromatic rings. The largest absolute Gasteiger partial charge is 0.341 e. The molecule has 0 amide bonds. The van der Waals surface area contributed by atoms with Crippen molar-refractivity contribution in [1.82, 2.24) is 20.4 Å². The average molecular weight is 421 g/mol. The molecule has 1 aromatic heterocycles. The van der Waals surface area contributed by atoms with Crippen molar-refractivity contribution in [3.63, 3.8) is 0 Å². The Bertz CT molecular complexity index is 961. The fraction of sp³-hybridized carbons (Fsp3) is 0.238. The summed E-state index contributed by atoms with van der Waals surface area (Å²) in [5, 5.41) is 6.77. The lowest BCUT2D eigenvalue weighted by Gasteiger charge is -2.27. The van der Waals surface area contributed by atoms with Crippen molar-refractivity contribution >= 4 is 46.6 Å². The Morgan fingerprint density at radius 1 is 0.767 bits per heavy atom. The van der Waals surface area contributed by atoms with E-state index >= 15 is 0 Å². The minimum atomic E-state index is 0.390. The van der Waals surface area contributed by atoms with Crippen LogP contribution in [0.15, 0.2) is 60.7 Å². The summed E-state index contributed by atoms with van der Waals surface area (Å²) in [7, 11) is 0. The van der Waals surface area contributed by atoms with Crippen LogP contribution >= 0.6 is 12.2 Å². The number of anilines is 5. The lowest BCUT2D eigenvalue weighted by atomic mass is 10.1. The van der Waals surface area contributed by atoms with Crippen LogP contribution in [0.4, 0.5) is 29.2 Å². The number of aromatic nitrogens is 3. The predicted octanol–water partition coefficient (Wildman–Crippen LogP) is 3.92. The van der Waals surface area contributed by atoms with Crippen LogP contribution in [0.25, 0.3) is 0 Å². The number of para-hydroxylation sites is 2. The van der Waals surface area contributed by atoms with Gasteiger partial charge in [0.25, 0.3) is 0 Å². The Kier molecular flexibility index (Phi) is 6.51. The first-order chi connectivity index (χ1) is 14.8. The van der Waals surface area contributed by atoms with E-state index < -0.39 is 0 Å². The molecule has 2 aromatic carbocycles. The highest BCUT2D eigenvalue weighted by Crippen LogP contribution is 2.20. The maximum absolute atomic E-state index is 5.35. The summed E-state index contributed by atoms with van der Waals surface area (Å²) in [6.07, 6.45) is 3.52. The summed E-state index contributed by atoms with van der Waals surface area (Å²) >= 11 is 5.35. The van der Waals surface area contributed by atoms with E-state index in [0.717, 1.165) is 37.3 Å². The summed E-state index contributed by atoms with van der Waals surface area (Å²) < 4.78 is 0. The fourth-order valence-electron chi connectivity index (χ4n) is 3.16. The van der Waals surface area contributed by atoms with Crippen LogP contribution in [-0.2, 0) is 0 Å². The molecule has 0 radical (unpaired) electrons. The van der Waals surface area contributed by atoms with E-state index in [1.54, 1.807) is 0 Å². The third-order valence-electron chi connectivity index (χ3n) is 4.61. The first kappa shape index (κ1) is 19.8. The van der Waals surface area contributed by atoms with Gasteiger partial charge in [-0.15, -0.1) is 0 Å². The van der Waals surface area contributed by atoms with Gasteiger partial charge in [0.1, 0.15) is 0 Å². The van der Waals surface area contributed by atoms with Gasteiger partial charge in [-0.05, 0) is 55.7 Å². The predicted molar refractivity (Wildman–Crippen MR) is 125 cm³/mol. The zero-order valence-electron chi connectivity index (χ0n) is 16.5. The number of rotatable bonds is 6. The summed E-state index contributed by atoms with van der Waals surface area (Å²) in [5.41, 5.74) is 7.73. The van der Waals surface area contributed by atoms with Crippen molar-refractivity contribution in [3.8, 4) is 0 Å². The second-order valence-corrected chi connectivity index (χ2v) is 7.30. The van der Waals surface area contributed by atoms with Crippen LogP contribution in [0, 0.1) is 0 Å². The van der Waals surface area contributed by atoms with Gasteiger partial charge in [0, 0.05) is 24.5 Å². The van der Waals surface area contributed by atoms with E-state index in [-0.39, 0.29) is 0 Å². The fourth-order valence-corrected chi connectivity index (χ4v) is 3.33. The molecule has 8 nitrogen and oxygen atoms in total. The third-order valence-corrected chi connectivity index (χ3v) is 4.82. The number of thiocarbonyl (C=S) groups is 1. The molecule has 1 saturated heterocycles. The summed E-state index contributed by atoms with van der Waals surface area (Å²) in [4.78, 5) is 15.9. The van der Waals surface area contributed by atoms with Crippen LogP contribution in [0.2, 0.25) is 0 Å². The van der Waals surface area contributed by atoms with Gasteiger partial charge >= 0.3 is 0 Å². The molecular formula is C21H24N8S. The van der Waals surface area contributed by atoms with E-state index in [0.29, 0.717) is 23.0 Å². The quantitative estimate of drug-likeness (QED) is 0.350. The topological polar surface area (TPSA) is 90.0 Å². The minimum absolute atomic E-state index is 0.390. The first-order valence-corrected chi connectivity index (χ1v) is 10.4. The number of nitrogens with zero attached hydrogens (tertiary/aromatic N) is 4. The van der Waals surface area contributed by atoms with E-state index in [1.165, 1.54) is 6.42 Å². The van der Waals surface area contributed by atoms with Gasteiger partial charge in [0.05, 0.1) is 0 Å². The Labute approximate surface area is 181 Å². The lowest BCUT2D eigenvalue weighted by molar-refractivity contribution is 0.568. The van der Waals surface area contributed by atoms with Gasteiger partial charge in [-0.2, -0.15) is 15.0 Å². The molecular weight excluding hydrogens is 396 g/mol. The highest BCUT2D eigenvalue weighted by molar-refractivity contribution is 7.80. The molecule has 0 aliphatic carbocycles. The Morgan fingerprint density at radius 3 is 2.10 bits per heavy atom. The highest BCUT2D eigenvalue weighted by atomic mass is 32.1. The van der Waals surface area contributed by atoms with Gasteiger partial charge in [0.2, 0.25) is 17.8 Å². The molecule has 30 heavy (non-hydrogen) atoms. The number of hydrogen-bond acceptors (Lipinski definition) is 7. The smallest absolute Gasteiger partial charge is 0.248 e. The molecule has 0 spiro atoms. The molecule has 2 heterocycles. The van der Waals surface area contributed by atoms with Gasteiger partial charge in [-0.25, -0.2) is 0 Å². The zero-order valence-corrected chi connectivity index (χ0v) is 17.3. The molecule has 0 saturated carbocycles. The zero-order chi connectivity index (χ0) is 20.6. The SMILES string of the molecule is S=C(NNc1nc(Nc2ccccc2)nc(N2CCCCC2)n1)Nc1ccccc1. The third kappa shape index (κ3) is 5.54. The summed E-state index contributed by atoms with van der Waals surface area (Å²) in [6.45, 7) is 1.88. The number of benzene rings is 2. The molecule has 1 aliphatic heterocycles. The monoisotopic (exact) mass is 420 g/mol.